The molecule has 1 rings (SSSR count). The zero-order valence-corrected chi connectivity index (χ0v) is 9.93. The summed E-state index contributed by atoms with van der Waals surface area (Å²) in [5.74, 6) is 0. The van der Waals surface area contributed by atoms with E-state index in [1.54, 1.807) is 6.08 Å². The molecular formula is C10H18BNO4. The number of hydrogen-bond donors (Lipinski definition) is 2. The number of ether oxygens (including phenoxy) is 1. The molecule has 0 bridgehead atoms. The maximum absolute atomic E-state index is 11.6. The summed E-state index contributed by atoms with van der Waals surface area (Å²) in [4.78, 5) is 13.2. The van der Waals surface area contributed by atoms with Crippen molar-refractivity contribution < 1.29 is 19.6 Å². The molecule has 0 radical (unpaired) electrons. The minimum atomic E-state index is -1.42. The van der Waals surface area contributed by atoms with Crippen LogP contribution >= 0.6 is 0 Å². The van der Waals surface area contributed by atoms with E-state index in [1.165, 1.54) is 4.90 Å². The van der Waals surface area contributed by atoms with Crippen LogP contribution in [0.2, 0.25) is 0 Å². The van der Waals surface area contributed by atoms with Gasteiger partial charge in [-0.25, -0.2) is 4.79 Å². The fourth-order valence-corrected chi connectivity index (χ4v) is 1.41. The van der Waals surface area contributed by atoms with Crippen LogP contribution in [-0.4, -0.2) is 46.9 Å². The van der Waals surface area contributed by atoms with Gasteiger partial charge in [-0.1, -0.05) is 6.08 Å². The van der Waals surface area contributed by atoms with Crippen LogP contribution in [0.25, 0.3) is 0 Å². The largest absolute Gasteiger partial charge is 0.483 e. The van der Waals surface area contributed by atoms with Crippen LogP contribution in [0.1, 0.15) is 27.2 Å². The molecule has 90 valence electrons. The standard InChI is InChI=1S/C10H18BNO4/c1-10(2,3)16-9(13)12-6-4-8(5-7-12)11(14)15/h4,14-15H,5-7H2,1-3H3. The lowest BCUT2D eigenvalue weighted by Gasteiger charge is -2.29. The van der Waals surface area contributed by atoms with Gasteiger partial charge in [0.15, 0.2) is 0 Å². The van der Waals surface area contributed by atoms with Crippen LogP contribution in [0.3, 0.4) is 0 Å². The zero-order chi connectivity index (χ0) is 12.3. The number of rotatable bonds is 1. The fraction of sp³-hybridized carbons (Fsp3) is 0.700. The Labute approximate surface area is 95.8 Å². The maximum atomic E-state index is 11.6. The molecule has 2 N–H and O–H groups in total. The minimum absolute atomic E-state index is 0.363. The summed E-state index contributed by atoms with van der Waals surface area (Å²) in [6.07, 6.45) is 1.75. The van der Waals surface area contributed by atoms with Crippen LogP contribution in [0.4, 0.5) is 4.79 Å². The monoisotopic (exact) mass is 227 g/mol. The second-order valence-corrected chi connectivity index (χ2v) is 4.83. The molecule has 0 aliphatic carbocycles. The van der Waals surface area contributed by atoms with Crippen LogP contribution in [0.15, 0.2) is 11.5 Å². The summed E-state index contributed by atoms with van der Waals surface area (Å²) in [5.41, 5.74) is 0.0530. The number of amides is 1. The van der Waals surface area contributed by atoms with Crippen molar-refractivity contribution in [1.29, 1.82) is 0 Å². The summed E-state index contributed by atoms with van der Waals surface area (Å²) < 4.78 is 5.21. The molecule has 1 aliphatic rings. The lowest BCUT2D eigenvalue weighted by atomic mass is 9.76. The SMILES string of the molecule is CC(C)(C)OC(=O)N1CC=C(B(O)O)CC1. The zero-order valence-electron chi connectivity index (χ0n) is 9.93. The summed E-state index contributed by atoms with van der Waals surface area (Å²) in [5, 5.41) is 17.9. The third-order valence-corrected chi connectivity index (χ3v) is 2.23. The first kappa shape index (κ1) is 13.1. The molecule has 1 heterocycles. The van der Waals surface area contributed by atoms with Gasteiger partial charge in [-0.15, -0.1) is 0 Å². The van der Waals surface area contributed by atoms with Gasteiger partial charge in [-0.2, -0.15) is 0 Å². The van der Waals surface area contributed by atoms with Crippen LogP contribution < -0.4 is 0 Å². The van der Waals surface area contributed by atoms with E-state index in [2.05, 4.69) is 0 Å². The Morgan fingerprint density at radius 1 is 1.50 bits per heavy atom. The molecule has 0 spiro atoms. The van der Waals surface area contributed by atoms with E-state index in [0.717, 1.165) is 0 Å². The van der Waals surface area contributed by atoms with Crippen molar-refractivity contribution >= 4 is 13.2 Å². The maximum Gasteiger partial charge on any atom is 0.483 e. The van der Waals surface area contributed by atoms with Crippen LogP contribution in [-0.2, 0) is 4.74 Å². The molecule has 0 aromatic rings. The van der Waals surface area contributed by atoms with E-state index in [4.69, 9.17) is 14.8 Å². The van der Waals surface area contributed by atoms with Gasteiger partial charge in [-0.3, -0.25) is 0 Å². The van der Waals surface area contributed by atoms with Gasteiger partial charge in [0.25, 0.3) is 0 Å². The van der Waals surface area contributed by atoms with Gasteiger partial charge in [0.05, 0.1) is 0 Å². The summed E-state index contributed by atoms with van der Waals surface area (Å²) in [6, 6.07) is 0. The van der Waals surface area contributed by atoms with E-state index < -0.39 is 12.7 Å². The van der Waals surface area contributed by atoms with E-state index in [9.17, 15) is 4.79 Å². The smallest absolute Gasteiger partial charge is 0.444 e. The highest BCUT2D eigenvalue weighted by atomic mass is 16.6. The highest BCUT2D eigenvalue weighted by molar-refractivity contribution is 6.50. The Kier molecular flexibility index (Phi) is 3.99. The van der Waals surface area contributed by atoms with Crippen molar-refractivity contribution in [3.8, 4) is 0 Å². The van der Waals surface area contributed by atoms with Gasteiger partial charge in [0.1, 0.15) is 5.60 Å². The summed E-state index contributed by atoms with van der Waals surface area (Å²) in [6.45, 7) is 6.26. The third kappa shape index (κ3) is 3.86. The van der Waals surface area contributed by atoms with E-state index in [1.807, 2.05) is 20.8 Å². The normalized spacial score (nSPS) is 16.8. The molecule has 16 heavy (non-hydrogen) atoms. The molecule has 0 atom stereocenters. The Bertz CT molecular complexity index is 296. The molecule has 0 fully saturated rings. The number of nitrogens with zero attached hydrogens (tertiary/aromatic N) is 1. The van der Waals surface area contributed by atoms with Crippen LogP contribution in [0, 0.1) is 0 Å². The number of carbonyl (C=O) groups excluding carboxylic acids is 1. The molecule has 0 unspecified atom stereocenters. The molecular weight excluding hydrogens is 209 g/mol. The topological polar surface area (TPSA) is 70.0 Å². The molecule has 0 aromatic heterocycles. The van der Waals surface area contributed by atoms with Gasteiger partial charge >= 0.3 is 13.2 Å². The molecule has 6 heteroatoms. The lowest BCUT2D eigenvalue weighted by molar-refractivity contribution is 0.0266. The number of carbonyl (C=O) groups is 1. The summed E-state index contributed by atoms with van der Waals surface area (Å²) in [7, 11) is -1.42. The Morgan fingerprint density at radius 2 is 2.12 bits per heavy atom. The van der Waals surface area contributed by atoms with Crippen molar-refractivity contribution in [2.24, 2.45) is 0 Å². The number of hydrogen-bond acceptors (Lipinski definition) is 4. The lowest BCUT2D eigenvalue weighted by Crippen LogP contribution is -2.40. The van der Waals surface area contributed by atoms with Crippen LogP contribution in [0.5, 0.6) is 0 Å². The van der Waals surface area contributed by atoms with Gasteiger partial charge < -0.3 is 19.7 Å². The Morgan fingerprint density at radius 3 is 2.50 bits per heavy atom. The first-order valence-electron chi connectivity index (χ1n) is 5.32. The van der Waals surface area contributed by atoms with E-state index in [-0.39, 0.29) is 6.09 Å². The van der Waals surface area contributed by atoms with E-state index in [0.29, 0.717) is 25.0 Å². The second-order valence-electron chi connectivity index (χ2n) is 4.83. The van der Waals surface area contributed by atoms with Gasteiger partial charge in [0, 0.05) is 13.1 Å². The van der Waals surface area contributed by atoms with Gasteiger partial charge in [0.2, 0.25) is 0 Å². The molecule has 5 nitrogen and oxygen atoms in total. The van der Waals surface area contributed by atoms with Crippen molar-refractivity contribution in [2.75, 3.05) is 13.1 Å². The Balaban J connectivity index is 2.51. The molecule has 0 saturated carbocycles. The average Bonchev–Trinajstić information content (AvgIpc) is 2.15. The highest BCUT2D eigenvalue weighted by Crippen LogP contribution is 2.15. The van der Waals surface area contributed by atoms with E-state index >= 15 is 0 Å². The molecule has 0 aromatic carbocycles. The summed E-state index contributed by atoms with van der Waals surface area (Å²) >= 11 is 0. The fourth-order valence-electron chi connectivity index (χ4n) is 1.41. The first-order valence-corrected chi connectivity index (χ1v) is 5.32. The van der Waals surface area contributed by atoms with Crippen molar-refractivity contribution in [3.63, 3.8) is 0 Å². The molecule has 0 saturated heterocycles. The Hall–Kier alpha value is -1.01. The van der Waals surface area contributed by atoms with Crippen molar-refractivity contribution in [2.45, 2.75) is 32.8 Å². The minimum Gasteiger partial charge on any atom is -0.444 e. The van der Waals surface area contributed by atoms with Crippen molar-refractivity contribution in [1.82, 2.24) is 4.90 Å². The molecule has 1 aliphatic heterocycles. The first-order chi connectivity index (χ1) is 7.29. The quantitative estimate of drug-likeness (QED) is 0.642. The third-order valence-electron chi connectivity index (χ3n) is 2.23. The second kappa shape index (κ2) is 4.89. The van der Waals surface area contributed by atoms with Gasteiger partial charge in [-0.05, 0) is 32.7 Å². The average molecular weight is 227 g/mol. The predicted molar refractivity (Wildman–Crippen MR) is 60.7 cm³/mol. The van der Waals surface area contributed by atoms with Crippen molar-refractivity contribution in [3.05, 3.63) is 11.5 Å². The predicted octanol–water partition coefficient (Wildman–Crippen LogP) is 0.566. The highest BCUT2D eigenvalue weighted by Gasteiger charge is 2.26. The molecule has 1 amide bonds.